The van der Waals surface area contributed by atoms with Crippen molar-refractivity contribution in [3.8, 4) is 0 Å². The van der Waals surface area contributed by atoms with Crippen molar-refractivity contribution in [2.75, 3.05) is 0 Å². The summed E-state index contributed by atoms with van der Waals surface area (Å²) in [6.07, 6.45) is 0. The van der Waals surface area contributed by atoms with Crippen LogP contribution in [0.15, 0.2) is 27.7 Å². The highest BCUT2D eigenvalue weighted by atomic mass is 79.9. The monoisotopic (exact) mass is 304 g/mol. The van der Waals surface area contributed by atoms with Crippen LogP contribution in [0, 0.1) is 16.0 Å². The SMILES string of the molecule is CC(C)/C(Cl)=N/c1ccc([N+](=O)[O-])c(Br)c1. The second kappa shape index (κ2) is 5.41. The topological polar surface area (TPSA) is 55.5 Å². The lowest BCUT2D eigenvalue weighted by molar-refractivity contribution is -0.385. The second-order valence-electron chi connectivity index (χ2n) is 3.48. The van der Waals surface area contributed by atoms with Gasteiger partial charge in [0.2, 0.25) is 0 Å². The summed E-state index contributed by atoms with van der Waals surface area (Å²) in [5.74, 6) is 0.135. The molecular weight excluding hydrogens is 295 g/mol. The third-order valence-corrected chi connectivity index (χ3v) is 3.00. The van der Waals surface area contributed by atoms with Crippen LogP contribution in [0.2, 0.25) is 0 Å². The van der Waals surface area contributed by atoms with Crippen molar-refractivity contribution in [3.05, 3.63) is 32.8 Å². The van der Waals surface area contributed by atoms with E-state index in [0.717, 1.165) is 0 Å². The van der Waals surface area contributed by atoms with E-state index in [9.17, 15) is 10.1 Å². The summed E-state index contributed by atoms with van der Waals surface area (Å²) in [6, 6.07) is 4.53. The minimum atomic E-state index is -0.457. The van der Waals surface area contributed by atoms with Crippen molar-refractivity contribution < 1.29 is 4.92 Å². The molecule has 0 aliphatic rings. The fourth-order valence-corrected chi connectivity index (χ4v) is 1.57. The Balaban J connectivity index is 3.07. The summed E-state index contributed by atoms with van der Waals surface area (Å²) >= 11 is 9.03. The molecule has 1 rings (SSSR count). The molecule has 0 bridgehead atoms. The Bertz CT molecular complexity index is 446. The molecule has 0 amide bonds. The molecule has 0 heterocycles. The summed E-state index contributed by atoms with van der Waals surface area (Å²) in [7, 11) is 0. The maximum Gasteiger partial charge on any atom is 0.283 e. The highest BCUT2D eigenvalue weighted by Crippen LogP contribution is 2.29. The number of aliphatic imine (C=N–C) groups is 1. The number of hydrogen-bond acceptors (Lipinski definition) is 3. The predicted octanol–water partition coefficient (Wildman–Crippen LogP) is 4.28. The van der Waals surface area contributed by atoms with E-state index >= 15 is 0 Å². The predicted molar refractivity (Wildman–Crippen MR) is 68.6 cm³/mol. The molecule has 0 aliphatic heterocycles. The quantitative estimate of drug-likeness (QED) is 0.475. The van der Waals surface area contributed by atoms with Gasteiger partial charge in [0, 0.05) is 12.0 Å². The van der Waals surface area contributed by atoms with E-state index in [1.807, 2.05) is 13.8 Å². The van der Waals surface area contributed by atoms with Gasteiger partial charge in [-0.2, -0.15) is 0 Å². The second-order valence-corrected chi connectivity index (χ2v) is 4.72. The van der Waals surface area contributed by atoms with Gasteiger partial charge in [-0.15, -0.1) is 0 Å². The normalized spacial score (nSPS) is 11.9. The van der Waals surface area contributed by atoms with E-state index in [2.05, 4.69) is 20.9 Å². The van der Waals surface area contributed by atoms with Gasteiger partial charge in [-0.25, -0.2) is 4.99 Å². The standard InChI is InChI=1S/C10H10BrClN2O2/c1-6(2)10(12)13-7-3-4-9(14(15)16)8(11)5-7/h3-6H,1-2H3/b13-10-. The van der Waals surface area contributed by atoms with Crippen LogP contribution in [-0.2, 0) is 0 Å². The summed E-state index contributed by atoms with van der Waals surface area (Å²) < 4.78 is 0.395. The van der Waals surface area contributed by atoms with Crippen LogP contribution in [0.4, 0.5) is 11.4 Å². The first-order chi connectivity index (χ1) is 7.41. The minimum absolute atomic E-state index is 0.0135. The number of benzene rings is 1. The van der Waals surface area contributed by atoms with Crippen molar-refractivity contribution in [3.63, 3.8) is 0 Å². The Morgan fingerprint density at radius 2 is 2.19 bits per heavy atom. The fourth-order valence-electron chi connectivity index (χ4n) is 0.966. The molecule has 0 atom stereocenters. The van der Waals surface area contributed by atoms with Crippen molar-refractivity contribution in [2.24, 2.45) is 10.9 Å². The van der Waals surface area contributed by atoms with Crippen LogP contribution in [0.1, 0.15) is 13.8 Å². The first kappa shape index (κ1) is 13.1. The molecule has 1 aromatic rings. The first-order valence-corrected chi connectivity index (χ1v) is 5.77. The molecule has 86 valence electrons. The molecule has 0 fully saturated rings. The van der Waals surface area contributed by atoms with Crippen LogP contribution in [-0.4, -0.2) is 10.1 Å². The molecule has 0 aromatic heterocycles. The zero-order valence-corrected chi connectivity index (χ0v) is 11.1. The molecule has 0 saturated heterocycles. The molecule has 6 heteroatoms. The van der Waals surface area contributed by atoms with Gasteiger partial charge in [0.25, 0.3) is 5.69 Å². The zero-order valence-electron chi connectivity index (χ0n) is 8.78. The van der Waals surface area contributed by atoms with Gasteiger partial charge in [-0.05, 0) is 28.1 Å². The van der Waals surface area contributed by atoms with Crippen LogP contribution in [0.25, 0.3) is 0 Å². The highest BCUT2D eigenvalue weighted by molar-refractivity contribution is 9.10. The number of nitrogens with zero attached hydrogens (tertiary/aromatic N) is 2. The molecule has 0 spiro atoms. The van der Waals surface area contributed by atoms with Crippen molar-refractivity contribution in [2.45, 2.75) is 13.8 Å². The van der Waals surface area contributed by atoms with E-state index in [1.54, 1.807) is 12.1 Å². The zero-order chi connectivity index (χ0) is 12.3. The highest BCUT2D eigenvalue weighted by Gasteiger charge is 2.11. The van der Waals surface area contributed by atoms with Crippen LogP contribution >= 0.6 is 27.5 Å². The Morgan fingerprint density at radius 3 is 2.62 bits per heavy atom. The van der Waals surface area contributed by atoms with E-state index in [0.29, 0.717) is 15.3 Å². The van der Waals surface area contributed by atoms with Crippen LogP contribution in [0.5, 0.6) is 0 Å². The minimum Gasteiger partial charge on any atom is -0.258 e. The summed E-state index contributed by atoms with van der Waals surface area (Å²) in [6.45, 7) is 3.85. The van der Waals surface area contributed by atoms with Gasteiger partial charge >= 0.3 is 0 Å². The average Bonchev–Trinajstić information content (AvgIpc) is 2.16. The molecule has 0 saturated carbocycles. The van der Waals surface area contributed by atoms with Crippen LogP contribution in [0.3, 0.4) is 0 Å². The number of nitro groups is 1. The summed E-state index contributed by atoms with van der Waals surface area (Å²) in [5.41, 5.74) is 0.607. The Kier molecular flexibility index (Phi) is 4.44. The lowest BCUT2D eigenvalue weighted by Gasteiger charge is -2.02. The number of rotatable bonds is 3. The van der Waals surface area contributed by atoms with E-state index in [-0.39, 0.29) is 11.6 Å². The first-order valence-electron chi connectivity index (χ1n) is 4.60. The molecule has 0 aliphatic carbocycles. The molecular formula is C10H10BrClN2O2. The third kappa shape index (κ3) is 3.28. The third-order valence-electron chi connectivity index (χ3n) is 1.84. The average molecular weight is 306 g/mol. The molecule has 0 unspecified atom stereocenters. The van der Waals surface area contributed by atoms with Crippen molar-refractivity contribution in [1.29, 1.82) is 0 Å². The van der Waals surface area contributed by atoms with Gasteiger partial charge in [0.05, 0.1) is 15.1 Å². The maximum absolute atomic E-state index is 10.6. The fraction of sp³-hybridized carbons (Fsp3) is 0.300. The maximum atomic E-state index is 10.6. The van der Waals surface area contributed by atoms with Crippen molar-refractivity contribution >= 4 is 44.1 Å². The van der Waals surface area contributed by atoms with E-state index in [1.165, 1.54) is 6.07 Å². The molecule has 0 radical (unpaired) electrons. The molecule has 1 aromatic carbocycles. The molecule has 4 nitrogen and oxygen atoms in total. The van der Waals surface area contributed by atoms with Gasteiger partial charge in [0.15, 0.2) is 0 Å². The van der Waals surface area contributed by atoms with Gasteiger partial charge < -0.3 is 0 Å². The lowest BCUT2D eigenvalue weighted by Crippen LogP contribution is -1.97. The number of nitro benzene ring substituents is 1. The summed E-state index contributed by atoms with van der Waals surface area (Å²) in [5, 5.41) is 11.1. The smallest absolute Gasteiger partial charge is 0.258 e. The Morgan fingerprint density at radius 1 is 1.56 bits per heavy atom. The Labute approximate surface area is 107 Å². The summed E-state index contributed by atoms with van der Waals surface area (Å²) in [4.78, 5) is 14.3. The van der Waals surface area contributed by atoms with Crippen LogP contribution < -0.4 is 0 Å². The van der Waals surface area contributed by atoms with E-state index in [4.69, 9.17) is 11.6 Å². The largest absolute Gasteiger partial charge is 0.283 e. The molecule has 0 N–H and O–H groups in total. The van der Waals surface area contributed by atoms with E-state index < -0.39 is 4.92 Å². The Hall–Kier alpha value is -0.940. The molecule has 16 heavy (non-hydrogen) atoms. The van der Waals surface area contributed by atoms with Gasteiger partial charge in [0.1, 0.15) is 5.17 Å². The van der Waals surface area contributed by atoms with Gasteiger partial charge in [-0.3, -0.25) is 10.1 Å². The lowest BCUT2D eigenvalue weighted by atomic mass is 10.2. The van der Waals surface area contributed by atoms with Crippen molar-refractivity contribution in [1.82, 2.24) is 0 Å². The number of halogens is 2. The van der Waals surface area contributed by atoms with Gasteiger partial charge in [-0.1, -0.05) is 25.4 Å². The number of hydrogen-bond donors (Lipinski definition) is 0.